The number of aromatic nitrogens is 2. The van der Waals surface area contributed by atoms with Gasteiger partial charge in [-0.2, -0.15) is 5.10 Å². The molecule has 0 radical (unpaired) electrons. The molecule has 1 saturated heterocycles. The predicted molar refractivity (Wildman–Crippen MR) is 84.6 cm³/mol. The van der Waals surface area contributed by atoms with Crippen LogP contribution in [0.25, 0.3) is 11.5 Å². The van der Waals surface area contributed by atoms with Crippen molar-refractivity contribution in [3.8, 4) is 11.5 Å². The van der Waals surface area contributed by atoms with Crippen molar-refractivity contribution in [2.75, 3.05) is 32.8 Å². The minimum Gasteiger partial charge on any atom is -0.460 e. The number of morpholine rings is 1. The van der Waals surface area contributed by atoms with Gasteiger partial charge in [-0.1, -0.05) is 6.92 Å². The molecule has 6 heteroatoms. The molecule has 0 aromatic carbocycles. The van der Waals surface area contributed by atoms with Crippen LogP contribution in [-0.4, -0.2) is 54.0 Å². The molecule has 22 heavy (non-hydrogen) atoms. The summed E-state index contributed by atoms with van der Waals surface area (Å²) in [6.07, 6.45) is 2.11. The van der Waals surface area contributed by atoms with Crippen LogP contribution in [0.2, 0.25) is 0 Å². The number of ether oxygens (including phenoxy) is 1. The number of likely N-dealkylation sites (N-methyl/N-ethyl adjacent to an activating group) is 1. The van der Waals surface area contributed by atoms with Crippen LogP contribution in [0.4, 0.5) is 0 Å². The summed E-state index contributed by atoms with van der Waals surface area (Å²) in [5, 5.41) is 10.6. The molecule has 1 aliphatic rings. The maximum absolute atomic E-state index is 5.80. The first-order chi connectivity index (χ1) is 10.8. The fourth-order valence-electron chi connectivity index (χ4n) is 2.79. The van der Waals surface area contributed by atoms with Gasteiger partial charge in [0.25, 0.3) is 0 Å². The van der Waals surface area contributed by atoms with Crippen LogP contribution < -0.4 is 5.32 Å². The summed E-state index contributed by atoms with van der Waals surface area (Å²) in [6, 6.07) is 3.93. The van der Waals surface area contributed by atoms with Gasteiger partial charge in [-0.25, -0.2) is 0 Å². The Morgan fingerprint density at radius 2 is 2.36 bits per heavy atom. The lowest BCUT2D eigenvalue weighted by Crippen LogP contribution is -2.46. The number of furan rings is 1. The molecule has 6 nitrogen and oxygen atoms in total. The Bertz CT molecular complexity index is 592. The number of nitrogens with one attached hydrogen (secondary N) is 2. The highest BCUT2D eigenvalue weighted by atomic mass is 16.5. The third-order valence-electron chi connectivity index (χ3n) is 4.06. The van der Waals surface area contributed by atoms with Crippen molar-refractivity contribution in [3.05, 3.63) is 29.7 Å². The van der Waals surface area contributed by atoms with Crippen LogP contribution in [0.15, 0.2) is 22.7 Å². The van der Waals surface area contributed by atoms with E-state index in [1.165, 1.54) is 0 Å². The Morgan fingerprint density at radius 1 is 1.45 bits per heavy atom. The van der Waals surface area contributed by atoms with E-state index in [0.29, 0.717) is 0 Å². The first kappa shape index (κ1) is 15.3. The van der Waals surface area contributed by atoms with E-state index in [9.17, 15) is 0 Å². The summed E-state index contributed by atoms with van der Waals surface area (Å²) in [5.74, 6) is 1.73. The first-order valence-corrected chi connectivity index (χ1v) is 7.90. The SMILES string of the molecule is CCN1CCOC(CNCc2cn[nH]c2-c2ccc(C)o2)C1. The quantitative estimate of drug-likeness (QED) is 0.852. The molecule has 1 atom stereocenters. The number of aryl methyl sites for hydroxylation is 1. The number of hydrogen-bond donors (Lipinski definition) is 2. The zero-order valence-corrected chi connectivity index (χ0v) is 13.3. The second kappa shape index (κ2) is 7.09. The minimum atomic E-state index is 0.259. The number of nitrogens with zero attached hydrogens (tertiary/aromatic N) is 2. The number of rotatable bonds is 6. The summed E-state index contributed by atoms with van der Waals surface area (Å²) in [6.45, 7) is 9.68. The molecule has 2 aromatic heterocycles. The topological polar surface area (TPSA) is 66.3 Å². The van der Waals surface area contributed by atoms with E-state index in [-0.39, 0.29) is 6.10 Å². The van der Waals surface area contributed by atoms with Crippen LogP contribution in [0.5, 0.6) is 0 Å². The lowest BCUT2D eigenvalue weighted by Gasteiger charge is -2.32. The summed E-state index contributed by atoms with van der Waals surface area (Å²) in [5.41, 5.74) is 2.05. The Hall–Kier alpha value is -1.63. The van der Waals surface area contributed by atoms with Gasteiger partial charge in [-0.15, -0.1) is 0 Å². The second-order valence-electron chi connectivity index (χ2n) is 5.70. The Kier molecular flexibility index (Phi) is 4.92. The molecule has 0 bridgehead atoms. The first-order valence-electron chi connectivity index (χ1n) is 7.90. The number of hydrogen-bond acceptors (Lipinski definition) is 5. The molecule has 2 aromatic rings. The molecule has 1 unspecified atom stereocenters. The standard InChI is InChI=1S/C16H24N4O2/c1-3-20-6-7-21-14(11-20)10-17-8-13-9-18-19-16(13)15-5-4-12(2)22-15/h4-5,9,14,17H,3,6-8,10-11H2,1-2H3,(H,18,19). The van der Waals surface area contributed by atoms with Crippen molar-refractivity contribution in [2.24, 2.45) is 0 Å². The third kappa shape index (κ3) is 3.58. The summed E-state index contributed by atoms with van der Waals surface area (Å²) < 4.78 is 11.5. The maximum Gasteiger partial charge on any atom is 0.152 e. The van der Waals surface area contributed by atoms with Crippen molar-refractivity contribution >= 4 is 0 Å². The van der Waals surface area contributed by atoms with Crippen molar-refractivity contribution in [3.63, 3.8) is 0 Å². The fourth-order valence-corrected chi connectivity index (χ4v) is 2.79. The van der Waals surface area contributed by atoms with Crippen LogP contribution >= 0.6 is 0 Å². The Balaban J connectivity index is 1.53. The van der Waals surface area contributed by atoms with Crippen molar-refractivity contribution in [2.45, 2.75) is 26.5 Å². The van der Waals surface area contributed by atoms with Gasteiger partial charge in [0.1, 0.15) is 11.5 Å². The smallest absolute Gasteiger partial charge is 0.152 e. The van der Waals surface area contributed by atoms with E-state index in [1.807, 2.05) is 25.3 Å². The zero-order chi connectivity index (χ0) is 15.4. The van der Waals surface area contributed by atoms with Gasteiger partial charge in [0.15, 0.2) is 5.76 Å². The van der Waals surface area contributed by atoms with Gasteiger partial charge in [0.05, 0.1) is 18.9 Å². The van der Waals surface area contributed by atoms with E-state index in [2.05, 4.69) is 27.3 Å². The molecule has 0 aliphatic carbocycles. The monoisotopic (exact) mass is 304 g/mol. The molecule has 2 N–H and O–H groups in total. The highest BCUT2D eigenvalue weighted by molar-refractivity contribution is 5.56. The number of aromatic amines is 1. The lowest BCUT2D eigenvalue weighted by atomic mass is 10.2. The highest BCUT2D eigenvalue weighted by Crippen LogP contribution is 2.23. The summed E-state index contributed by atoms with van der Waals surface area (Å²) >= 11 is 0. The molecule has 3 heterocycles. The van der Waals surface area contributed by atoms with Crippen LogP contribution in [0.3, 0.4) is 0 Å². The van der Waals surface area contributed by atoms with Crippen molar-refractivity contribution < 1.29 is 9.15 Å². The van der Waals surface area contributed by atoms with E-state index < -0.39 is 0 Å². The van der Waals surface area contributed by atoms with Crippen LogP contribution in [0.1, 0.15) is 18.2 Å². The molecular weight excluding hydrogens is 280 g/mol. The van der Waals surface area contributed by atoms with Gasteiger partial charge in [0, 0.05) is 31.7 Å². The van der Waals surface area contributed by atoms with Crippen LogP contribution in [-0.2, 0) is 11.3 Å². The van der Waals surface area contributed by atoms with E-state index in [4.69, 9.17) is 9.15 Å². The molecule has 0 spiro atoms. The third-order valence-corrected chi connectivity index (χ3v) is 4.06. The zero-order valence-electron chi connectivity index (χ0n) is 13.3. The van der Waals surface area contributed by atoms with Gasteiger partial charge in [-0.3, -0.25) is 10.00 Å². The Labute approximate surface area is 130 Å². The minimum absolute atomic E-state index is 0.259. The number of H-pyrrole nitrogens is 1. The summed E-state index contributed by atoms with van der Waals surface area (Å²) in [4.78, 5) is 2.42. The van der Waals surface area contributed by atoms with Gasteiger partial charge < -0.3 is 14.5 Å². The van der Waals surface area contributed by atoms with Crippen molar-refractivity contribution in [1.29, 1.82) is 0 Å². The molecule has 1 fully saturated rings. The van der Waals surface area contributed by atoms with E-state index in [0.717, 1.165) is 62.1 Å². The predicted octanol–water partition coefficient (Wildman–Crippen LogP) is 1.79. The fraction of sp³-hybridized carbons (Fsp3) is 0.562. The Morgan fingerprint density at radius 3 is 3.14 bits per heavy atom. The molecule has 3 rings (SSSR count). The molecule has 1 aliphatic heterocycles. The maximum atomic E-state index is 5.80. The normalized spacial score (nSPS) is 19.6. The average molecular weight is 304 g/mol. The largest absolute Gasteiger partial charge is 0.460 e. The average Bonchev–Trinajstić information content (AvgIpc) is 3.16. The lowest BCUT2D eigenvalue weighted by molar-refractivity contribution is -0.0253. The van der Waals surface area contributed by atoms with Crippen LogP contribution in [0, 0.1) is 6.92 Å². The highest BCUT2D eigenvalue weighted by Gasteiger charge is 2.19. The van der Waals surface area contributed by atoms with Gasteiger partial charge >= 0.3 is 0 Å². The second-order valence-corrected chi connectivity index (χ2v) is 5.70. The van der Waals surface area contributed by atoms with E-state index in [1.54, 1.807) is 0 Å². The van der Waals surface area contributed by atoms with Gasteiger partial charge in [-0.05, 0) is 25.6 Å². The molecule has 120 valence electrons. The molecule has 0 amide bonds. The van der Waals surface area contributed by atoms with Crippen molar-refractivity contribution in [1.82, 2.24) is 20.4 Å². The summed E-state index contributed by atoms with van der Waals surface area (Å²) in [7, 11) is 0. The van der Waals surface area contributed by atoms with Gasteiger partial charge in [0.2, 0.25) is 0 Å². The molecular formula is C16H24N4O2. The van der Waals surface area contributed by atoms with E-state index >= 15 is 0 Å². The molecule has 0 saturated carbocycles.